The molecule has 2 heterocycles. The summed E-state index contributed by atoms with van der Waals surface area (Å²) in [5.74, 6) is -0.396. The Morgan fingerprint density at radius 2 is 2.00 bits per heavy atom. The first kappa shape index (κ1) is 17.2. The van der Waals surface area contributed by atoms with Gasteiger partial charge in [-0.25, -0.2) is 0 Å². The molecule has 128 valence electrons. The third-order valence-corrected chi connectivity index (χ3v) is 5.98. The fourth-order valence-electron chi connectivity index (χ4n) is 2.45. The Labute approximate surface area is 151 Å². The minimum Gasteiger partial charge on any atom is -0.319 e. The molecule has 1 amide bonds. The molecule has 0 fully saturated rings. The molecule has 6 nitrogen and oxygen atoms in total. The zero-order valence-electron chi connectivity index (χ0n) is 13.8. The summed E-state index contributed by atoms with van der Waals surface area (Å²) in [6.45, 7) is 4.11. The van der Waals surface area contributed by atoms with Crippen LogP contribution in [0.25, 0.3) is 16.3 Å². The van der Waals surface area contributed by atoms with Crippen molar-refractivity contribution in [3.8, 4) is 0 Å². The highest BCUT2D eigenvalue weighted by atomic mass is 32.1. The molecular weight excluding hydrogens is 358 g/mol. The first-order chi connectivity index (χ1) is 11.9. The van der Waals surface area contributed by atoms with Crippen LogP contribution in [0.15, 0.2) is 35.3 Å². The van der Waals surface area contributed by atoms with Crippen LogP contribution in [0, 0.1) is 24.0 Å². The normalized spacial score (nSPS) is 12.4. The Morgan fingerprint density at radius 1 is 1.24 bits per heavy atom. The highest BCUT2D eigenvalue weighted by Crippen LogP contribution is 2.25. The summed E-state index contributed by atoms with van der Waals surface area (Å²) in [6.07, 6.45) is 2.88. The van der Waals surface area contributed by atoms with E-state index in [-0.39, 0.29) is 5.00 Å². The van der Waals surface area contributed by atoms with Crippen LogP contribution in [0.3, 0.4) is 0 Å². The van der Waals surface area contributed by atoms with Crippen molar-refractivity contribution in [3.63, 3.8) is 0 Å². The van der Waals surface area contributed by atoms with E-state index in [1.54, 1.807) is 12.1 Å². The van der Waals surface area contributed by atoms with Gasteiger partial charge in [-0.05, 0) is 43.2 Å². The second-order valence-electron chi connectivity index (χ2n) is 5.51. The maximum absolute atomic E-state index is 12.1. The second-order valence-corrected chi connectivity index (χ2v) is 7.62. The summed E-state index contributed by atoms with van der Waals surface area (Å²) < 4.78 is 3.00. The fraction of sp³-hybridized carbons (Fsp3) is 0.176. The molecule has 3 aromatic rings. The number of nitrogens with zero attached hydrogens (tertiary/aromatic N) is 3. The SMILES string of the molecule is Cc1ccc2sc(=NC(=O)C=Cc3ccc([N+](=O)[O-])s3)n(C)c2c1C. The highest BCUT2D eigenvalue weighted by molar-refractivity contribution is 7.16. The number of benzene rings is 1. The van der Waals surface area contributed by atoms with Gasteiger partial charge < -0.3 is 4.57 Å². The first-order valence-electron chi connectivity index (χ1n) is 7.43. The average molecular weight is 373 g/mol. The monoisotopic (exact) mass is 373 g/mol. The van der Waals surface area contributed by atoms with E-state index in [0.29, 0.717) is 9.68 Å². The molecule has 0 saturated heterocycles. The van der Waals surface area contributed by atoms with Crippen LogP contribution in [-0.2, 0) is 11.8 Å². The summed E-state index contributed by atoms with van der Waals surface area (Å²) in [7, 11) is 1.89. The van der Waals surface area contributed by atoms with Gasteiger partial charge in [-0.15, -0.1) is 0 Å². The van der Waals surface area contributed by atoms with Crippen LogP contribution in [0.2, 0.25) is 0 Å². The molecule has 0 aliphatic heterocycles. The average Bonchev–Trinajstić information content (AvgIpc) is 3.15. The maximum atomic E-state index is 12.1. The molecule has 0 aliphatic rings. The zero-order valence-corrected chi connectivity index (χ0v) is 15.5. The third kappa shape index (κ3) is 3.45. The number of aromatic nitrogens is 1. The van der Waals surface area contributed by atoms with Gasteiger partial charge in [0.05, 0.1) is 15.1 Å². The number of carbonyl (C=O) groups is 1. The smallest absolute Gasteiger partial charge is 0.319 e. The van der Waals surface area contributed by atoms with Crippen LogP contribution in [0.4, 0.5) is 5.00 Å². The Balaban J connectivity index is 1.92. The Hall–Kier alpha value is -2.58. The maximum Gasteiger partial charge on any atom is 0.324 e. The summed E-state index contributed by atoms with van der Waals surface area (Å²) in [4.78, 5) is 27.8. The van der Waals surface area contributed by atoms with Crippen LogP contribution < -0.4 is 4.80 Å². The second kappa shape index (κ2) is 6.73. The van der Waals surface area contributed by atoms with E-state index in [0.717, 1.165) is 21.6 Å². The molecular formula is C17H15N3O3S2. The van der Waals surface area contributed by atoms with Gasteiger partial charge in [-0.1, -0.05) is 28.7 Å². The highest BCUT2D eigenvalue weighted by Gasteiger charge is 2.09. The summed E-state index contributed by atoms with van der Waals surface area (Å²) in [6, 6.07) is 7.12. The lowest BCUT2D eigenvalue weighted by molar-refractivity contribution is -0.380. The molecule has 0 N–H and O–H groups in total. The van der Waals surface area contributed by atoms with Gasteiger partial charge in [-0.2, -0.15) is 4.99 Å². The molecule has 0 spiro atoms. The fourth-order valence-corrected chi connectivity index (χ4v) is 4.26. The minimum absolute atomic E-state index is 0.0470. The number of amides is 1. The van der Waals surface area contributed by atoms with Crippen LogP contribution in [-0.4, -0.2) is 15.4 Å². The zero-order chi connectivity index (χ0) is 18.1. The predicted molar refractivity (Wildman–Crippen MR) is 101 cm³/mol. The van der Waals surface area contributed by atoms with E-state index in [2.05, 4.69) is 24.9 Å². The molecule has 0 atom stereocenters. The number of thiazole rings is 1. The minimum atomic E-state index is -0.449. The number of fused-ring (bicyclic) bond motifs is 1. The molecule has 0 radical (unpaired) electrons. The van der Waals surface area contributed by atoms with E-state index in [4.69, 9.17) is 0 Å². The van der Waals surface area contributed by atoms with Crippen molar-refractivity contribution in [2.75, 3.05) is 0 Å². The molecule has 0 unspecified atom stereocenters. The van der Waals surface area contributed by atoms with Gasteiger partial charge in [0, 0.05) is 24.1 Å². The largest absolute Gasteiger partial charge is 0.324 e. The topological polar surface area (TPSA) is 77.5 Å². The van der Waals surface area contributed by atoms with Crippen molar-refractivity contribution in [1.82, 2.24) is 4.57 Å². The lowest BCUT2D eigenvalue weighted by atomic mass is 10.1. The molecule has 0 aliphatic carbocycles. The summed E-state index contributed by atoms with van der Waals surface area (Å²) >= 11 is 2.48. The molecule has 0 bridgehead atoms. The van der Waals surface area contributed by atoms with Gasteiger partial charge in [0.1, 0.15) is 0 Å². The predicted octanol–water partition coefficient (Wildman–Crippen LogP) is 3.97. The quantitative estimate of drug-likeness (QED) is 0.396. The van der Waals surface area contributed by atoms with E-state index in [1.165, 1.54) is 34.6 Å². The van der Waals surface area contributed by atoms with Crippen LogP contribution >= 0.6 is 22.7 Å². The standard InChI is InChI=1S/C17H15N3O3S2/c1-10-4-7-13-16(11(10)2)19(3)17(25-13)18-14(21)8-5-12-6-9-15(24-12)20(22)23/h4-9H,1-3H3. The number of rotatable bonds is 3. The number of nitro groups is 1. The van der Waals surface area contributed by atoms with Gasteiger partial charge >= 0.3 is 5.00 Å². The Morgan fingerprint density at radius 3 is 2.68 bits per heavy atom. The van der Waals surface area contributed by atoms with Gasteiger partial charge in [0.25, 0.3) is 5.91 Å². The van der Waals surface area contributed by atoms with Crippen molar-refractivity contribution >= 4 is 49.9 Å². The molecule has 0 saturated carbocycles. The van der Waals surface area contributed by atoms with Gasteiger partial charge in [0.2, 0.25) is 0 Å². The van der Waals surface area contributed by atoms with E-state index in [1.807, 2.05) is 17.7 Å². The number of carbonyl (C=O) groups excluding carboxylic acids is 1. The lowest BCUT2D eigenvalue weighted by Gasteiger charge is -2.03. The van der Waals surface area contributed by atoms with Crippen LogP contribution in [0.5, 0.6) is 0 Å². The van der Waals surface area contributed by atoms with E-state index in [9.17, 15) is 14.9 Å². The Kier molecular flexibility index (Phi) is 4.65. The Bertz CT molecular complexity index is 1090. The number of thiophene rings is 1. The van der Waals surface area contributed by atoms with Gasteiger partial charge in [-0.3, -0.25) is 14.9 Å². The molecule has 2 aromatic heterocycles. The van der Waals surface area contributed by atoms with Gasteiger partial charge in [0.15, 0.2) is 4.80 Å². The van der Waals surface area contributed by atoms with E-state index < -0.39 is 10.8 Å². The number of hydrogen-bond donors (Lipinski definition) is 0. The number of aryl methyl sites for hydroxylation is 3. The van der Waals surface area contributed by atoms with E-state index >= 15 is 0 Å². The van der Waals surface area contributed by atoms with Crippen molar-refractivity contribution < 1.29 is 9.72 Å². The van der Waals surface area contributed by atoms with Crippen molar-refractivity contribution in [3.05, 3.63) is 61.3 Å². The first-order valence-corrected chi connectivity index (χ1v) is 9.07. The summed E-state index contributed by atoms with van der Waals surface area (Å²) in [5, 5.41) is 10.7. The third-order valence-electron chi connectivity index (χ3n) is 3.88. The lowest BCUT2D eigenvalue weighted by Crippen LogP contribution is -2.12. The van der Waals surface area contributed by atoms with Crippen molar-refractivity contribution in [1.29, 1.82) is 0 Å². The van der Waals surface area contributed by atoms with Crippen LogP contribution in [0.1, 0.15) is 16.0 Å². The van der Waals surface area contributed by atoms with Crippen molar-refractivity contribution in [2.45, 2.75) is 13.8 Å². The molecule has 1 aromatic carbocycles. The molecule has 8 heteroatoms. The molecule has 25 heavy (non-hydrogen) atoms. The summed E-state index contributed by atoms with van der Waals surface area (Å²) in [5.41, 5.74) is 3.44. The number of hydrogen-bond acceptors (Lipinski definition) is 5. The van der Waals surface area contributed by atoms with Crippen molar-refractivity contribution in [2.24, 2.45) is 12.0 Å². The molecule has 3 rings (SSSR count).